The summed E-state index contributed by atoms with van der Waals surface area (Å²) in [7, 11) is 0. The van der Waals surface area contributed by atoms with Crippen LogP contribution in [0.1, 0.15) is 9.67 Å². The largest absolute Gasteiger partial charge is 0.321 e. The van der Waals surface area contributed by atoms with Crippen molar-refractivity contribution < 1.29 is 9.18 Å². The van der Waals surface area contributed by atoms with Crippen molar-refractivity contribution in [3.8, 4) is 5.69 Å². The van der Waals surface area contributed by atoms with E-state index in [0.717, 1.165) is 15.8 Å². The fourth-order valence-corrected chi connectivity index (χ4v) is 3.30. The Morgan fingerprint density at radius 1 is 1.12 bits per heavy atom. The molecule has 4 aromatic rings. The van der Waals surface area contributed by atoms with Crippen LogP contribution in [0.15, 0.2) is 61.2 Å². The first kappa shape index (κ1) is 14.5. The standard InChI is InChI=1S/C17H11FN4OS/c18-12-1-6-15-11(7-12)8-16(24-15)17(23)21-13-2-4-14(5-3-13)22-10-19-9-20-22/h1-10H,(H,21,23). The molecule has 5 nitrogen and oxygen atoms in total. The van der Waals surface area contributed by atoms with Crippen LogP contribution in [0.5, 0.6) is 0 Å². The number of carbonyl (C=O) groups is 1. The lowest BCUT2D eigenvalue weighted by Crippen LogP contribution is -2.10. The van der Waals surface area contributed by atoms with Gasteiger partial charge in [-0.1, -0.05) is 0 Å². The highest BCUT2D eigenvalue weighted by Crippen LogP contribution is 2.27. The molecule has 0 aliphatic rings. The third kappa shape index (κ3) is 2.77. The van der Waals surface area contributed by atoms with Crippen LogP contribution in [-0.2, 0) is 0 Å². The topological polar surface area (TPSA) is 59.8 Å². The predicted molar refractivity (Wildman–Crippen MR) is 91.1 cm³/mol. The summed E-state index contributed by atoms with van der Waals surface area (Å²) in [6, 6.07) is 13.5. The highest BCUT2D eigenvalue weighted by molar-refractivity contribution is 7.20. The molecule has 7 heteroatoms. The molecule has 0 atom stereocenters. The van der Waals surface area contributed by atoms with E-state index in [-0.39, 0.29) is 11.7 Å². The second-order valence-corrected chi connectivity index (χ2v) is 6.22. The van der Waals surface area contributed by atoms with Crippen LogP contribution in [-0.4, -0.2) is 20.7 Å². The number of carbonyl (C=O) groups excluding carboxylic acids is 1. The normalized spacial score (nSPS) is 10.9. The molecule has 1 N–H and O–H groups in total. The summed E-state index contributed by atoms with van der Waals surface area (Å²) in [5, 5.41) is 7.61. The van der Waals surface area contributed by atoms with Crippen LogP contribution >= 0.6 is 11.3 Å². The van der Waals surface area contributed by atoms with Gasteiger partial charge in [0.15, 0.2) is 0 Å². The molecule has 0 aliphatic carbocycles. The molecule has 0 unspecified atom stereocenters. The summed E-state index contributed by atoms with van der Waals surface area (Å²) in [5.41, 5.74) is 1.52. The van der Waals surface area contributed by atoms with Gasteiger partial charge >= 0.3 is 0 Å². The third-order valence-corrected chi connectivity index (χ3v) is 4.63. The Kier molecular flexibility index (Phi) is 3.55. The lowest BCUT2D eigenvalue weighted by molar-refractivity contribution is 0.103. The molecule has 0 saturated carbocycles. The van der Waals surface area contributed by atoms with Crippen LogP contribution < -0.4 is 5.32 Å². The van der Waals surface area contributed by atoms with E-state index >= 15 is 0 Å². The van der Waals surface area contributed by atoms with Crippen molar-refractivity contribution in [2.45, 2.75) is 0 Å². The summed E-state index contributed by atoms with van der Waals surface area (Å²) in [6.45, 7) is 0. The van der Waals surface area contributed by atoms with E-state index in [2.05, 4.69) is 15.4 Å². The number of amides is 1. The van der Waals surface area contributed by atoms with Crippen molar-refractivity contribution in [1.29, 1.82) is 0 Å². The molecule has 2 heterocycles. The number of nitrogens with one attached hydrogen (secondary N) is 1. The first-order valence-corrected chi connectivity index (χ1v) is 7.96. The maximum atomic E-state index is 13.2. The number of hydrogen-bond acceptors (Lipinski definition) is 4. The van der Waals surface area contributed by atoms with E-state index in [1.54, 1.807) is 35.3 Å². The zero-order chi connectivity index (χ0) is 16.5. The average molecular weight is 338 g/mol. The van der Waals surface area contributed by atoms with Gasteiger partial charge < -0.3 is 5.32 Å². The van der Waals surface area contributed by atoms with Gasteiger partial charge in [0, 0.05) is 10.4 Å². The number of rotatable bonds is 3. The number of hydrogen-bond donors (Lipinski definition) is 1. The number of halogens is 1. The van der Waals surface area contributed by atoms with Crippen molar-refractivity contribution in [2.24, 2.45) is 0 Å². The molecule has 0 aliphatic heterocycles. The quantitative estimate of drug-likeness (QED) is 0.617. The van der Waals surface area contributed by atoms with Gasteiger partial charge in [0.05, 0.1) is 10.6 Å². The number of fused-ring (bicyclic) bond motifs is 1. The predicted octanol–water partition coefficient (Wildman–Crippen LogP) is 3.87. The number of anilines is 1. The molecule has 24 heavy (non-hydrogen) atoms. The van der Waals surface area contributed by atoms with Crippen molar-refractivity contribution in [3.63, 3.8) is 0 Å². The molecule has 0 bridgehead atoms. The maximum Gasteiger partial charge on any atom is 0.265 e. The van der Waals surface area contributed by atoms with Crippen molar-refractivity contribution in [2.75, 3.05) is 5.32 Å². The summed E-state index contributed by atoms with van der Waals surface area (Å²) in [4.78, 5) is 16.8. The van der Waals surface area contributed by atoms with Gasteiger partial charge in [-0.2, -0.15) is 5.10 Å². The van der Waals surface area contributed by atoms with Gasteiger partial charge in [-0.3, -0.25) is 4.79 Å². The van der Waals surface area contributed by atoms with Gasteiger partial charge in [0.2, 0.25) is 0 Å². The van der Waals surface area contributed by atoms with Gasteiger partial charge in [-0.15, -0.1) is 11.3 Å². The van der Waals surface area contributed by atoms with E-state index in [1.165, 1.54) is 29.8 Å². The molecule has 118 valence electrons. The van der Waals surface area contributed by atoms with Crippen molar-refractivity contribution >= 4 is 33.0 Å². The molecule has 0 spiro atoms. The Balaban J connectivity index is 1.54. The van der Waals surface area contributed by atoms with Gasteiger partial charge in [0.25, 0.3) is 5.91 Å². The highest BCUT2D eigenvalue weighted by atomic mass is 32.1. The molecular weight excluding hydrogens is 327 g/mol. The zero-order valence-corrected chi connectivity index (χ0v) is 13.1. The first-order chi connectivity index (χ1) is 11.7. The Bertz CT molecular complexity index is 1010. The molecule has 2 aromatic heterocycles. The summed E-state index contributed by atoms with van der Waals surface area (Å²) < 4.78 is 15.7. The molecular formula is C17H11FN4OS. The minimum atomic E-state index is -0.309. The fourth-order valence-electron chi connectivity index (χ4n) is 2.36. The van der Waals surface area contributed by atoms with Crippen molar-refractivity contribution in [3.05, 3.63) is 71.9 Å². The Morgan fingerprint density at radius 3 is 2.71 bits per heavy atom. The maximum absolute atomic E-state index is 13.2. The Labute approximate surface area is 140 Å². The SMILES string of the molecule is O=C(Nc1ccc(-n2cncn2)cc1)c1cc2cc(F)ccc2s1. The lowest BCUT2D eigenvalue weighted by atomic mass is 10.2. The van der Waals surface area contributed by atoms with Crippen LogP contribution in [0.2, 0.25) is 0 Å². The second-order valence-electron chi connectivity index (χ2n) is 5.13. The number of thiophene rings is 1. The number of nitrogens with zero attached hydrogens (tertiary/aromatic N) is 3. The number of aromatic nitrogens is 3. The lowest BCUT2D eigenvalue weighted by Gasteiger charge is -2.05. The van der Waals surface area contributed by atoms with Crippen LogP contribution in [0.4, 0.5) is 10.1 Å². The minimum absolute atomic E-state index is 0.217. The molecule has 1 amide bonds. The van der Waals surface area contributed by atoms with Gasteiger partial charge in [-0.25, -0.2) is 14.1 Å². The Morgan fingerprint density at radius 2 is 1.96 bits per heavy atom. The zero-order valence-electron chi connectivity index (χ0n) is 12.3. The van der Waals surface area contributed by atoms with Crippen molar-refractivity contribution in [1.82, 2.24) is 14.8 Å². The second kappa shape index (κ2) is 5.86. The average Bonchev–Trinajstić information content (AvgIpc) is 3.24. The summed E-state index contributed by atoms with van der Waals surface area (Å²) >= 11 is 1.33. The van der Waals surface area contributed by atoms with Gasteiger partial charge in [0.1, 0.15) is 18.5 Å². The smallest absolute Gasteiger partial charge is 0.265 e. The fraction of sp³-hybridized carbons (Fsp3) is 0. The molecule has 2 aromatic carbocycles. The first-order valence-electron chi connectivity index (χ1n) is 7.14. The minimum Gasteiger partial charge on any atom is -0.321 e. The van der Waals surface area contributed by atoms with E-state index in [9.17, 15) is 9.18 Å². The molecule has 4 rings (SSSR count). The van der Waals surface area contributed by atoms with E-state index in [4.69, 9.17) is 0 Å². The van der Waals surface area contributed by atoms with E-state index in [1.807, 2.05) is 12.1 Å². The van der Waals surface area contributed by atoms with Gasteiger partial charge in [-0.05, 0) is 53.9 Å². The molecule has 0 radical (unpaired) electrons. The number of benzene rings is 2. The third-order valence-electron chi connectivity index (χ3n) is 3.51. The van der Waals surface area contributed by atoms with Crippen LogP contribution in [0.25, 0.3) is 15.8 Å². The van der Waals surface area contributed by atoms with E-state index in [0.29, 0.717) is 10.6 Å². The van der Waals surface area contributed by atoms with Crippen LogP contribution in [0.3, 0.4) is 0 Å². The van der Waals surface area contributed by atoms with E-state index < -0.39 is 0 Å². The monoisotopic (exact) mass is 338 g/mol. The molecule has 0 fully saturated rings. The van der Waals surface area contributed by atoms with Crippen LogP contribution in [0, 0.1) is 5.82 Å². The molecule has 0 saturated heterocycles. The summed E-state index contributed by atoms with van der Waals surface area (Å²) in [5.74, 6) is -0.527. The Hall–Kier alpha value is -3.06. The highest BCUT2D eigenvalue weighted by Gasteiger charge is 2.11. The summed E-state index contributed by atoms with van der Waals surface area (Å²) in [6.07, 6.45) is 3.06.